The van der Waals surface area contributed by atoms with Crippen LogP contribution in [0.15, 0.2) is 59.7 Å². The van der Waals surface area contributed by atoms with Crippen LogP contribution in [-0.2, 0) is 11.3 Å². The first-order valence-electron chi connectivity index (χ1n) is 10.7. The van der Waals surface area contributed by atoms with Gasteiger partial charge in [-0.25, -0.2) is 0 Å². The second kappa shape index (κ2) is 8.17. The molecule has 2 aliphatic heterocycles. The van der Waals surface area contributed by atoms with E-state index in [4.69, 9.17) is 9.73 Å². The Bertz CT molecular complexity index is 1140. The molecular formula is C24H27N5O2. The summed E-state index contributed by atoms with van der Waals surface area (Å²) >= 11 is 0. The predicted octanol–water partition coefficient (Wildman–Crippen LogP) is 3.01. The number of anilines is 1. The number of ether oxygens (including phenoxy) is 1. The van der Waals surface area contributed by atoms with Crippen molar-refractivity contribution in [3.63, 3.8) is 0 Å². The van der Waals surface area contributed by atoms with E-state index in [1.165, 1.54) is 5.56 Å². The summed E-state index contributed by atoms with van der Waals surface area (Å²) in [7, 11) is 1.68. The smallest absolute Gasteiger partial charge is 0.256 e. The fourth-order valence-electron chi connectivity index (χ4n) is 4.57. The number of amides is 1. The molecule has 7 nitrogen and oxygen atoms in total. The molecule has 1 atom stereocenters. The minimum absolute atomic E-state index is 0.0501. The van der Waals surface area contributed by atoms with E-state index >= 15 is 0 Å². The number of rotatable bonds is 4. The average molecular weight is 418 g/mol. The van der Waals surface area contributed by atoms with Crippen LogP contribution in [0.1, 0.15) is 22.3 Å². The van der Waals surface area contributed by atoms with Gasteiger partial charge in [0.2, 0.25) is 0 Å². The third-order valence-electron chi connectivity index (χ3n) is 6.28. The number of methoxy groups -OCH3 is 1. The Kier molecular flexibility index (Phi) is 5.21. The highest BCUT2D eigenvalue weighted by Crippen LogP contribution is 2.31. The number of carbonyl (C=O) groups excluding carboxylic acids is 1. The highest BCUT2D eigenvalue weighted by Gasteiger charge is 2.45. The first-order chi connectivity index (χ1) is 15.2. The maximum Gasteiger partial charge on any atom is 0.256 e. The van der Waals surface area contributed by atoms with Gasteiger partial charge in [0.05, 0.1) is 24.3 Å². The van der Waals surface area contributed by atoms with Crippen LogP contribution in [-0.4, -0.2) is 60.5 Å². The Hall–Kier alpha value is -3.16. The van der Waals surface area contributed by atoms with Crippen molar-refractivity contribution in [2.24, 2.45) is 4.99 Å². The van der Waals surface area contributed by atoms with E-state index in [2.05, 4.69) is 27.8 Å². The predicted molar refractivity (Wildman–Crippen MR) is 123 cm³/mol. The molecule has 31 heavy (non-hydrogen) atoms. The van der Waals surface area contributed by atoms with Crippen molar-refractivity contribution in [1.29, 1.82) is 0 Å². The van der Waals surface area contributed by atoms with Crippen LogP contribution in [0.25, 0.3) is 10.9 Å². The van der Waals surface area contributed by atoms with Crippen molar-refractivity contribution in [3.05, 3.63) is 65.9 Å². The Balaban J connectivity index is 1.44. The lowest BCUT2D eigenvalue weighted by Gasteiger charge is -2.30. The number of aromatic amines is 1. The van der Waals surface area contributed by atoms with Gasteiger partial charge in [-0.1, -0.05) is 36.4 Å². The Morgan fingerprint density at radius 3 is 2.94 bits per heavy atom. The molecule has 2 aliphatic rings. The number of benzene rings is 2. The maximum atomic E-state index is 13.4. The molecule has 1 spiro atoms. The molecule has 0 radical (unpaired) electrons. The molecule has 0 unspecified atom stereocenters. The lowest BCUT2D eigenvalue weighted by Crippen LogP contribution is -2.55. The quantitative estimate of drug-likeness (QED) is 0.570. The summed E-state index contributed by atoms with van der Waals surface area (Å²) in [4.78, 5) is 23.4. The van der Waals surface area contributed by atoms with Crippen LogP contribution < -0.4 is 10.6 Å². The first kappa shape index (κ1) is 19.8. The zero-order valence-corrected chi connectivity index (χ0v) is 17.6. The van der Waals surface area contributed by atoms with Crippen molar-refractivity contribution in [1.82, 2.24) is 15.2 Å². The normalized spacial score (nSPS) is 22.0. The lowest BCUT2D eigenvalue weighted by molar-refractivity contribution is 0.0788. The monoisotopic (exact) mass is 417 g/mol. The largest absolute Gasteiger partial charge is 0.383 e. The molecule has 0 saturated carbocycles. The Labute approximate surface area is 181 Å². The number of H-pyrrole nitrogens is 1. The summed E-state index contributed by atoms with van der Waals surface area (Å²) < 4.78 is 5.21. The molecule has 160 valence electrons. The van der Waals surface area contributed by atoms with E-state index in [0.29, 0.717) is 26.2 Å². The van der Waals surface area contributed by atoms with Gasteiger partial charge in [-0.3, -0.25) is 15.1 Å². The number of hydrogen-bond acceptors (Lipinski definition) is 4. The van der Waals surface area contributed by atoms with Gasteiger partial charge >= 0.3 is 0 Å². The zero-order chi connectivity index (χ0) is 21.3. The molecule has 0 bridgehead atoms. The van der Waals surface area contributed by atoms with Gasteiger partial charge in [-0.2, -0.15) is 0 Å². The number of amidine groups is 1. The average Bonchev–Trinajstić information content (AvgIpc) is 3.39. The Morgan fingerprint density at radius 1 is 1.19 bits per heavy atom. The second-order valence-corrected chi connectivity index (χ2v) is 8.17. The number of likely N-dealkylation sites (tertiary alicyclic amines) is 1. The maximum absolute atomic E-state index is 13.4. The third-order valence-corrected chi connectivity index (χ3v) is 6.28. The van der Waals surface area contributed by atoms with E-state index in [1.807, 2.05) is 47.5 Å². The number of hydrogen-bond donors (Lipinski definition) is 3. The number of nitrogens with one attached hydrogen (secondary N) is 3. The van der Waals surface area contributed by atoms with Gasteiger partial charge in [0.15, 0.2) is 0 Å². The minimum atomic E-state index is -0.408. The molecule has 3 heterocycles. The molecule has 7 heteroatoms. The molecule has 2 aromatic carbocycles. The van der Waals surface area contributed by atoms with E-state index in [9.17, 15) is 4.79 Å². The van der Waals surface area contributed by atoms with Crippen LogP contribution in [0.2, 0.25) is 0 Å². The molecule has 1 saturated heterocycles. The van der Waals surface area contributed by atoms with Crippen LogP contribution in [0, 0.1) is 0 Å². The van der Waals surface area contributed by atoms with Crippen molar-refractivity contribution in [2.45, 2.75) is 18.5 Å². The molecule has 3 aromatic rings. The Morgan fingerprint density at radius 2 is 2.03 bits per heavy atom. The summed E-state index contributed by atoms with van der Waals surface area (Å²) in [5.41, 5.74) is 3.54. The fraction of sp³-hybridized carbons (Fsp3) is 0.333. The van der Waals surface area contributed by atoms with E-state index in [1.54, 1.807) is 7.11 Å². The molecule has 1 fully saturated rings. The topological polar surface area (TPSA) is 81.8 Å². The number of aliphatic imine (C=N–C) groups is 1. The van der Waals surface area contributed by atoms with E-state index < -0.39 is 5.54 Å². The van der Waals surface area contributed by atoms with Gasteiger partial charge in [0, 0.05) is 49.5 Å². The molecule has 0 aliphatic carbocycles. The molecule has 5 rings (SSSR count). The molecule has 3 N–H and O–H groups in total. The summed E-state index contributed by atoms with van der Waals surface area (Å²) in [6.45, 7) is 3.09. The molecule has 1 aromatic heterocycles. The summed E-state index contributed by atoms with van der Waals surface area (Å²) in [5, 5.41) is 8.24. The van der Waals surface area contributed by atoms with Gasteiger partial charge in [-0.15, -0.1) is 0 Å². The summed E-state index contributed by atoms with van der Waals surface area (Å²) in [5.74, 6) is 0.929. The first-order valence-corrected chi connectivity index (χ1v) is 10.7. The summed E-state index contributed by atoms with van der Waals surface area (Å²) in [6.07, 6.45) is 2.62. The number of carbonyl (C=O) groups is 1. The van der Waals surface area contributed by atoms with E-state index in [-0.39, 0.29) is 5.91 Å². The zero-order valence-electron chi connectivity index (χ0n) is 17.6. The lowest BCUT2D eigenvalue weighted by atomic mass is 9.96. The number of nitrogens with zero attached hydrogens (tertiary/aromatic N) is 2. The van der Waals surface area contributed by atoms with Crippen molar-refractivity contribution >= 4 is 28.3 Å². The third kappa shape index (κ3) is 3.60. The van der Waals surface area contributed by atoms with Gasteiger partial charge in [0.25, 0.3) is 5.91 Å². The highest BCUT2D eigenvalue weighted by atomic mass is 16.5. The fourth-order valence-corrected chi connectivity index (χ4v) is 4.57. The van der Waals surface area contributed by atoms with Crippen molar-refractivity contribution < 1.29 is 9.53 Å². The van der Waals surface area contributed by atoms with Gasteiger partial charge in [0.1, 0.15) is 5.84 Å². The molecule has 1 amide bonds. The second-order valence-electron chi connectivity index (χ2n) is 8.17. The summed E-state index contributed by atoms with van der Waals surface area (Å²) in [6, 6.07) is 16.2. The standard InChI is InChI=1S/C24H27N5O2/c1-31-13-11-25-23-24(27-14-17-6-2-4-8-20(17)28-23)10-12-29(16-24)22(30)19-15-26-21-9-5-3-7-18(19)21/h2-9,15,26-27H,10-14,16H2,1H3,(H,25,28)/t24-/m0/s1. The van der Waals surface area contributed by atoms with Crippen molar-refractivity contribution in [3.8, 4) is 0 Å². The van der Waals surface area contributed by atoms with Crippen LogP contribution >= 0.6 is 0 Å². The number of aromatic nitrogens is 1. The van der Waals surface area contributed by atoms with Gasteiger partial charge in [-0.05, 0) is 24.1 Å². The highest BCUT2D eigenvalue weighted by molar-refractivity contribution is 6.08. The molecular weight excluding hydrogens is 390 g/mol. The van der Waals surface area contributed by atoms with Gasteiger partial charge < -0.3 is 19.9 Å². The minimum Gasteiger partial charge on any atom is -0.383 e. The van der Waals surface area contributed by atoms with E-state index in [0.717, 1.165) is 41.0 Å². The SMILES string of the molecule is COCCN=C1Nc2ccccc2CN[C@]12CCN(C(=O)c1c[nH]c3ccccc13)C2. The van der Waals surface area contributed by atoms with Crippen LogP contribution in [0.4, 0.5) is 5.69 Å². The number of fused-ring (bicyclic) bond motifs is 2. The number of para-hydroxylation sites is 2. The van der Waals surface area contributed by atoms with Crippen LogP contribution in [0.5, 0.6) is 0 Å². The van der Waals surface area contributed by atoms with Crippen molar-refractivity contribution in [2.75, 3.05) is 38.7 Å². The van der Waals surface area contributed by atoms with Crippen LogP contribution in [0.3, 0.4) is 0 Å².